The molecular weight excluding hydrogens is 254 g/mol. The maximum atomic E-state index is 10.6. The molecule has 1 heterocycles. The van der Waals surface area contributed by atoms with Crippen molar-refractivity contribution in [1.29, 1.82) is 0 Å². The predicted octanol–water partition coefficient (Wildman–Crippen LogP) is 2.42. The van der Waals surface area contributed by atoms with Crippen LogP contribution in [0.5, 0.6) is 0 Å². The van der Waals surface area contributed by atoms with Crippen molar-refractivity contribution in [2.24, 2.45) is 11.7 Å². The Morgan fingerprint density at radius 1 is 1.44 bits per heavy atom. The van der Waals surface area contributed by atoms with Gasteiger partial charge in [0.2, 0.25) is 0 Å². The van der Waals surface area contributed by atoms with Crippen LogP contribution in [0.4, 0.5) is 11.4 Å². The zero-order valence-corrected chi connectivity index (χ0v) is 10.8. The van der Waals surface area contributed by atoms with E-state index in [-0.39, 0.29) is 5.69 Å². The van der Waals surface area contributed by atoms with Crippen molar-refractivity contribution in [3.8, 4) is 0 Å². The molecule has 1 aromatic carbocycles. The molecule has 0 aliphatic carbocycles. The monoisotopic (exact) mass is 269 g/mol. The molecule has 1 fully saturated rings. The molecule has 0 saturated carbocycles. The lowest BCUT2D eigenvalue weighted by Gasteiger charge is -2.33. The highest BCUT2D eigenvalue weighted by molar-refractivity contribution is 6.33. The van der Waals surface area contributed by atoms with E-state index in [2.05, 4.69) is 4.90 Å². The highest BCUT2D eigenvalue weighted by Gasteiger charge is 2.20. The van der Waals surface area contributed by atoms with Crippen LogP contribution < -0.4 is 10.6 Å². The van der Waals surface area contributed by atoms with Gasteiger partial charge in [-0.25, -0.2) is 0 Å². The molecule has 0 spiro atoms. The maximum absolute atomic E-state index is 10.6. The molecule has 5 nitrogen and oxygen atoms in total. The van der Waals surface area contributed by atoms with E-state index in [0.717, 1.165) is 38.2 Å². The second-order valence-corrected chi connectivity index (χ2v) is 4.97. The third-order valence-electron chi connectivity index (χ3n) is 3.43. The van der Waals surface area contributed by atoms with Crippen LogP contribution in [0.15, 0.2) is 18.2 Å². The summed E-state index contributed by atoms with van der Waals surface area (Å²) < 4.78 is 0. The third kappa shape index (κ3) is 2.73. The number of non-ortho nitro benzene ring substituents is 1. The summed E-state index contributed by atoms with van der Waals surface area (Å²) in [5.41, 5.74) is 6.55. The lowest BCUT2D eigenvalue weighted by atomic mass is 9.97. The third-order valence-corrected chi connectivity index (χ3v) is 3.73. The number of rotatable bonds is 3. The first-order valence-corrected chi connectivity index (χ1v) is 6.38. The predicted molar refractivity (Wildman–Crippen MR) is 72.1 cm³/mol. The van der Waals surface area contributed by atoms with Crippen LogP contribution in [0.2, 0.25) is 5.02 Å². The van der Waals surface area contributed by atoms with Crippen LogP contribution in [-0.2, 0) is 0 Å². The van der Waals surface area contributed by atoms with Gasteiger partial charge >= 0.3 is 0 Å². The molecule has 1 aliphatic heterocycles. The van der Waals surface area contributed by atoms with Crippen molar-refractivity contribution >= 4 is 23.0 Å². The van der Waals surface area contributed by atoms with E-state index in [1.807, 2.05) is 0 Å². The first-order chi connectivity index (χ1) is 8.61. The lowest BCUT2D eigenvalue weighted by Crippen LogP contribution is -2.36. The smallest absolute Gasteiger partial charge is 0.271 e. The second-order valence-electron chi connectivity index (χ2n) is 4.56. The fourth-order valence-corrected chi connectivity index (χ4v) is 2.57. The van der Waals surface area contributed by atoms with Crippen LogP contribution in [0.25, 0.3) is 0 Å². The molecule has 1 aromatic rings. The minimum absolute atomic E-state index is 0.0283. The number of nitro groups is 1. The quantitative estimate of drug-likeness (QED) is 0.676. The molecule has 2 rings (SSSR count). The highest BCUT2D eigenvalue weighted by Crippen LogP contribution is 2.32. The summed E-state index contributed by atoms with van der Waals surface area (Å²) in [7, 11) is 0. The van der Waals surface area contributed by atoms with Gasteiger partial charge in [0.15, 0.2) is 0 Å². The summed E-state index contributed by atoms with van der Waals surface area (Å²) in [6, 6.07) is 4.63. The molecule has 18 heavy (non-hydrogen) atoms. The van der Waals surface area contributed by atoms with Gasteiger partial charge in [0.25, 0.3) is 5.69 Å². The van der Waals surface area contributed by atoms with Gasteiger partial charge in [-0.3, -0.25) is 10.1 Å². The van der Waals surface area contributed by atoms with E-state index in [4.69, 9.17) is 17.3 Å². The van der Waals surface area contributed by atoms with E-state index in [1.165, 1.54) is 12.1 Å². The molecule has 6 heteroatoms. The summed E-state index contributed by atoms with van der Waals surface area (Å²) in [5.74, 6) is 0.582. The van der Waals surface area contributed by atoms with E-state index in [9.17, 15) is 10.1 Å². The average Bonchev–Trinajstić information content (AvgIpc) is 2.38. The van der Waals surface area contributed by atoms with Gasteiger partial charge in [-0.1, -0.05) is 11.6 Å². The number of nitrogens with two attached hydrogens (primary N) is 1. The zero-order chi connectivity index (χ0) is 13.1. The Morgan fingerprint density at radius 3 is 2.61 bits per heavy atom. The number of benzene rings is 1. The number of hydrogen-bond donors (Lipinski definition) is 1. The number of nitrogens with zero attached hydrogens (tertiary/aromatic N) is 2. The van der Waals surface area contributed by atoms with E-state index in [1.54, 1.807) is 6.07 Å². The van der Waals surface area contributed by atoms with Gasteiger partial charge in [-0.2, -0.15) is 0 Å². The van der Waals surface area contributed by atoms with Gasteiger partial charge in [-0.05, 0) is 31.4 Å². The van der Waals surface area contributed by atoms with Crippen LogP contribution in [0.3, 0.4) is 0 Å². The Labute approximate surface area is 111 Å². The van der Waals surface area contributed by atoms with E-state index < -0.39 is 4.92 Å². The average molecular weight is 270 g/mol. The van der Waals surface area contributed by atoms with Crippen LogP contribution in [0, 0.1) is 16.0 Å². The molecular formula is C12H16ClN3O2. The number of anilines is 1. The van der Waals surface area contributed by atoms with Gasteiger partial charge in [0.05, 0.1) is 15.6 Å². The Bertz CT molecular complexity index is 445. The molecule has 2 N–H and O–H groups in total. The lowest BCUT2D eigenvalue weighted by molar-refractivity contribution is -0.384. The standard InChI is InChI=1S/C12H16ClN3O2/c13-11-7-10(16(17)18)1-2-12(11)15-5-3-9(8-14)4-6-15/h1-2,7,9H,3-6,8,14H2. The Hall–Kier alpha value is -1.33. The van der Waals surface area contributed by atoms with Crippen molar-refractivity contribution in [2.75, 3.05) is 24.5 Å². The Kier molecular flexibility index (Phi) is 4.04. The summed E-state index contributed by atoms with van der Waals surface area (Å²) in [6.45, 7) is 2.53. The molecule has 98 valence electrons. The fraction of sp³-hybridized carbons (Fsp3) is 0.500. The first kappa shape index (κ1) is 13.1. The van der Waals surface area contributed by atoms with Crippen molar-refractivity contribution < 1.29 is 4.92 Å². The summed E-state index contributed by atoms with van der Waals surface area (Å²) >= 11 is 6.11. The van der Waals surface area contributed by atoms with Gasteiger partial charge in [0.1, 0.15) is 0 Å². The minimum atomic E-state index is -0.434. The summed E-state index contributed by atoms with van der Waals surface area (Å²) in [6.07, 6.45) is 2.09. The molecule has 1 saturated heterocycles. The van der Waals surface area contributed by atoms with Crippen LogP contribution in [0.1, 0.15) is 12.8 Å². The maximum Gasteiger partial charge on any atom is 0.271 e. The molecule has 0 bridgehead atoms. The van der Waals surface area contributed by atoms with Crippen LogP contribution in [-0.4, -0.2) is 24.6 Å². The van der Waals surface area contributed by atoms with Crippen molar-refractivity contribution in [3.05, 3.63) is 33.3 Å². The molecule has 0 unspecified atom stereocenters. The summed E-state index contributed by atoms with van der Waals surface area (Å²) in [5, 5.41) is 11.1. The van der Waals surface area contributed by atoms with E-state index >= 15 is 0 Å². The number of halogens is 1. The normalized spacial score (nSPS) is 16.9. The first-order valence-electron chi connectivity index (χ1n) is 6.00. The Morgan fingerprint density at radius 2 is 2.11 bits per heavy atom. The van der Waals surface area contributed by atoms with E-state index in [0.29, 0.717) is 10.9 Å². The second kappa shape index (κ2) is 5.54. The van der Waals surface area contributed by atoms with Gasteiger partial charge < -0.3 is 10.6 Å². The number of nitro benzene ring substituents is 1. The molecule has 1 aliphatic rings. The molecule has 0 radical (unpaired) electrons. The number of hydrogen-bond acceptors (Lipinski definition) is 4. The molecule has 0 atom stereocenters. The molecule has 0 amide bonds. The van der Waals surface area contributed by atoms with Gasteiger partial charge in [-0.15, -0.1) is 0 Å². The highest BCUT2D eigenvalue weighted by atomic mass is 35.5. The van der Waals surface area contributed by atoms with Crippen LogP contribution >= 0.6 is 11.6 Å². The SMILES string of the molecule is NCC1CCN(c2ccc([N+](=O)[O-])cc2Cl)CC1. The Balaban J connectivity index is 2.12. The largest absolute Gasteiger partial charge is 0.370 e. The zero-order valence-electron chi connectivity index (χ0n) is 10.0. The fourth-order valence-electron chi connectivity index (χ4n) is 2.28. The van der Waals surface area contributed by atoms with Crippen molar-refractivity contribution in [3.63, 3.8) is 0 Å². The molecule has 0 aromatic heterocycles. The summed E-state index contributed by atoms with van der Waals surface area (Å²) in [4.78, 5) is 12.4. The van der Waals surface area contributed by atoms with Gasteiger partial charge in [0, 0.05) is 25.2 Å². The van der Waals surface area contributed by atoms with Crippen molar-refractivity contribution in [2.45, 2.75) is 12.8 Å². The topological polar surface area (TPSA) is 72.4 Å². The minimum Gasteiger partial charge on any atom is -0.370 e. The number of piperidine rings is 1. The van der Waals surface area contributed by atoms with Crippen molar-refractivity contribution in [1.82, 2.24) is 0 Å².